The molecule has 21 heavy (non-hydrogen) atoms. The number of rotatable bonds is 6. The van der Waals surface area contributed by atoms with Gasteiger partial charge in [0, 0.05) is 21.6 Å². The third-order valence-electron chi connectivity index (χ3n) is 3.35. The van der Waals surface area contributed by atoms with E-state index >= 15 is 0 Å². The predicted molar refractivity (Wildman–Crippen MR) is 84.4 cm³/mol. The lowest BCUT2D eigenvalue weighted by atomic mass is 10.1. The van der Waals surface area contributed by atoms with Crippen molar-refractivity contribution in [3.8, 4) is 0 Å². The number of carboxylic acid groups (broad SMARTS) is 1. The number of aromatic nitrogens is 1. The maximum absolute atomic E-state index is 12.3. The number of nitrogens with one attached hydrogen (secondary N) is 2. The average Bonchev–Trinajstić information content (AvgIpc) is 2.88. The van der Waals surface area contributed by atoms with E-state index in [0.717, 1.165) is 28.2 Å². The van der Waals surface area contributed by atoms with Gasteiger partial charge in [0.25, 0.3) is 5.91 Å². The van der Waals surface area contributed by atoms with Gasteiger partial charge in [-0.1, -0.05) is 41.8 Å². The first-order valence-corrected chi connectivity index (χ1v) is 7.63. The molecule has 0 fully saturated rings. The lowest BCUT2D eigenvalue weighted by Crippen LogP contribution is -2.40. The normalized spacial score (nSPS) is 12.3. The molecule has 5 nitrogen and oxygen atoms in total. The summed E-state index contributed by atoms with van der Waals surface area (Å²) in [5, 5.41) is 12.5. The number of halogens is 1. The zero-order valence-electron chi connectivity index (χ0n) is 11.6. The Kier molecular flexibility index (Phi) is 5.01. The molecule has 0 aliphatic rings. The molecule has 0 saturated heterocycles. The average molecular weight is 353 g/mol. The molecule has 0 radical (unpaired) electrons. The van der Waals surface area contributed by atoms with Gasteiger partial charge in [0.05, 0.1) is 5.56 Å². The Balaban J connectivity index is 2.23. The van der Waals surface area contributed by atoms with Gasteiger partial charge in [-0.05, 0) is 18.6 Å². The van der Waals surface area contributed by atoms with Crippen LogP contribution in [0.2, 0.25) is 0 Å². The van der Waals surface area contributed by atoms with Crippen LogP contribution in [-0.2, 0) is 4.79 Å². The zero-order valence-corrected chi connectivity index (χ0v) is 13.2. The number of fused-ring (bicyclic) bond motifs is 1. The fraction of sp³-hybridized carbons (Fsp3) is 0.333. The van der Waals surface area contributed by atoms with Crippen LogP contribution in [0.25, 0.3) is 10.9 Å². The van der Waals surface area contributed by atoms with E-state index in [1.165, 1.54) is 0 Å². The van der Waals surface area contributed by atoms with Crippen LogP contribution in [0.4, 0.5) is 0 Å². The van der Waals surface area contributed by atoms with Crippen molar-refractivity contribution in [3.63, 3.8) is 0 Å². The SMILES string of the molecule is CCCC[C@H](NC(=O)c1c[nH]c2cccc(Br)c12)C(=O)O. The smallest absolute Gasteiger partial charge is 0.326 e. The van der Waals surface area contributed by atoms with Crippen LogP contribution in [0.5, 0.6) is 0 Å². The lowest BCUT2D eigenvalue weighted by molar-refractivity contribution is -0.139. The second kappa shape index (κ2) is 6.76. The Morgan fingerprint density at radius 1 is 1.43 bits per heavy atom. The number of carbonyl (C=O) groups is 2. The Morgan fingerprint density at radius 2 is 2.19 bits per heavy atom. The molecule has 0 bridgehead atoms. The number of amides is 1. The molecular formula is C15H17BrN2O3. The molecule has 0 saturated carbocycles. The summed E-state index contributed by atoms with van der Waals surface area (Å²) in [5.41, 5.74) is 1.27. The molecule has 2 aromatic rings. The molecule has 112 valence electrons. The van der Waals surface area contributed by atoms with Crippen molar-refractivity contribution in [2.24, 2.45) is 0 Å². The number of H-pyrrole nitrogens is 1. The van der Waals surface area contributed by atoms with Gasteiger partial charge in [-0.3, -0.25) is 4.79 Å². The highest BCUT2D eigenvalue weighted by Gasteiger charge is 2.22. The lowest BCUT2D eigenvalue weighted by Gasteiger charge is -2.13. The largest absolute Gasteiger partial charge is 0.480 e. The highest BCUT2D eigenvalue weighted by atomic mass is 79.9. The van der Waals surface area contributed by atoms with Gasteiger partial charge < -0.3 is 15.4 Å². The van der Waals surface area contributed by atoms with Gasteiger partial charge >= 0.3 is 5.97 Å². The predicted octanol–water partition coefficient (Wildman–Crippen LogP) is 3.30. The number of hydrogen-bond acceptors (Lipinski definition) is 2. The van der Waals surface area contributed by atoms with Crippen LogP contribution in [0.3, 0.4) is 0 Å². The number of unbranched alkanes of at least 4 members (excludes halogenated alkanes) is 1. The summed E-state index contributed by atoms with van der Waals surface area (Å²) in [5.74, 6) is -1.38. The van der Waals surface area contributed by atoms with Gasteiger partial charge in [-0.25, -0.2) is 4.79 Å². The summed E-state index contributed by atoms with van der Waals surface area (Å²) in [6.45, 7) is 1.98. The summed E-state index contributed by atoms with van der Waals surface area (Å²) in [6, 6.07) is 4.72. The minimum atomic E-state index is -1.00. The first-order chi connectivity index (χ1) is 10.0. The molecule has 0 spiro atoms. The summed E-state index contributed by atoms with van der Waals surface area (Å²) in [7, 11) is 0. The molecule has 2 rings (SSSR count). The first-order valence-electron chi connectivity index (χ1n) is 6.83. The van der Waals surface area contributed by atoms with Crippen LogP contribution in [0.15, 0.2) is 28.9 Å². The molecule has 0 unspecified atom stereocenters. The zero-order chi connectivity index (χ0) is 15.4. The maximum Gasteiger partial charge on any atom is 0.326 e. The summed E-state index contributed by atoms with van der Waals surface area (Å²) in [6.07, 6.45) is 3.68. The van der Waals surface area contributed by atoms with E-state index in [9.17, 15) is 14.7 Å². The van der Waals surface area contributed by atoms with Gasteiger partial charge in [0.15, 0.2) is 0 Å². The second-order valence-electron chi connectivity index (χ2n) is 4.87. The quantitative estimate of drug-likeness (QED) is 0.745. The number of hydrogen-bond donors (Lipinski definition) is 3. The highest BCUT2D eigenvalue weighted by molar-refractivity contribution is 9.10. The number of carboxylic acids is 1. The van der Waals surface area contributed by atoms with Crippen molar-refractivity contribution in [1.82, 2.24) is 10.3 Å². The minimum Gasteiger partial charge on any atom is -0.480 e. The molecule has 1 heterocycles. The van der Waals surface area contributed by atoms with E-state index in [1.54, 1.807) is 6.20 Å². The van der Waals surface area contributed by atoms with Crippen molar-refractivity contribution in [2.45, 2.75) is 32.2 Å². The molecule has 0 aliphatic carbocycles. The third kappa shape index (κ3) is 3.44. The van der Waals surface area contributed by atoms with Crippen molar-refractivity contribution >= 4 is 38.7 Å². The van der Waals surface area contributed by atoms with E-state index in [1.807, 2.05) is 25.1 Å². The van der Waals surface area contributed by atoms with Gasteiger partial charge in [-0.15, -0.1) is 0 Å². The molecule has 3 N–H and O–H groups in total. The number of carbonyl (C=O) groups excluding carboxylic acids is 1. The van der Waals surface area contributed by atoms with E-state index in [-0.39, 0.29) is 5.91 Å². The maximum atomic E-state index is 12.3. The Hall–Kier alpha value is -1.82. The number of aliphatic carboxylic acids is 1. The van der Waals surface area contributed by atoms with Gasteiger partial charge in [0.2, 0.25) is 0 Å². The first kappa shape index (κ1) is 15.6. The van der Waals surface area contributed by atoms with E-state index in [0.29, 0.717) is 12.0 Å². The highest BCUT2D eigenvalue weighted by Crippen LogP contribution is 2.26. The Labute approximate surface area is 130 Å². The van der Waals surface area contributed by atoms with Crippen molar-refractivity contribution < 1.29 is 14.7 Å². The van der Waals surface area contributed by atoms with Crippen LogP contribution in [-0.4, -0.2) is 28.0 Å². The van der Waals surface area contributed by atoms with Crippen LogP contribution < -0.4 is 5.32 Å². The van der Waals surface area contributed by atoms with E-state index in [2.05, 4.69) is 26.2 Å². The third-order valence-corrected chi connectivity index (χ3v) is 4.01. The second-order valence-corrected chi connectivity index (χ2v) is 5.73. The summed E-state index contributed by atoms with van der Waals surface area (Å²) < 4.78 is 0.798. The molecule has 1 amide bonds. The summed E-state index contributed by atoms with van der Waals surface area (Å²) in [4.78, 5) is 26.6. The van der Waals surface area contributed by atoms with Crippen LogP contribution in [0.1, 0.15) is 36.5 Å². The van der Waals surface area contributed by atoms with E-state index in [4.69, 9.17) is 0 Å². The monoisotopic (exact) mass is 352 g/mol. The van der Waals surface area contributed by atoms with Crippen LogP contribution >= 0.6 is 15.9 Å². The van der Waals surface area contributed by atoms with Crippen molar-refractivity contribution in [1.29, 1.82) is 0 Å². The molecule has 1 aromatic heterocycles. The van der Waals surface area contributed by atoms with Gasteiger partial charge in [-0.2, -0.15) is 0 Å². The Morgan fingerprint density at radius 3 is 2.86 bits per heavy atom. The molecule has 1 atom stereocenters. The molecule has 1 aromatic carbocycles. The standard InChI is InChI=1S/C15H17BrN2O3/c1-2-3-6-12(15(20)21)18-14(19)9-8-17-11-7-4-5-10(16)13(9)11/h4-5,7-8,12,17H,2-3,6H2,1H3,(H,18,19)(H,20,21)/t12-/m0/s1. The molecule has 6 heteroatoms. The fourth-order valence-corrected chi connectivity index (χ4v) is 2.80. The summed E-state index contributed by atoms with van der Waals surface area (Å²) >= 11 is 3.42. The topological polar surface area (TPSA) is 82.2 Å². The fourth-order valence-electron chi connectivity index (χ4n) is 2.22. The number of benzene rings is 1. The van der Waals surface area contributed by atoms with Gasteiger partial charge in [0.1, 0.15) is 6.04 Å². The van der Waals surface area contributed by atoms with Crippen molar-refractivity contribution in [2.75, 3.05) is 0 Å². The number of aromatic amines is 1. The Bertz CT molecular complexity index is 666. The van der Waals surface area contributed by atoms with Crippen LogP contribution in [0, 0.1) is 0 Å². The molecule has 0 aliphatic heterocycles. The minimum absolute atomic E-state index is 0.378. The van der Waals surface area contributed by atoms with Crippen molar-refractivity contribution in [3.05, 3.63) is 34.4 Å². The molecular weight excluding hydrogens is 336 g/mol. The van der Waals surface area contributed by atoms with E-state index < -0.39 is 12.0 Å².